The van der Waals surface area contributed by atoms with Crippen LogP contribution in [0.25, 0.3) is 0 Å². The molecule has 9 nitrogen and oxygen atoms in total. The Hall–Kier alpha value is -1.75. The van der Waals surface area contributed by atoms with E-state index in [1.807, 2.05) is 18.2 Å². The van der Waals surface area contributed by atoms with Crippen LogP contribution in [0.4, 0.5) is 5.82 Å². The molecule has 3 heterocycles. The maximum atomic E-state index is 12.9. The van der Waals surface area contributed by atoms with Crippen molar-refractivity contribution in [2.75, 3.05) is 44.2 Å². The zero-order valence-electron chi connectivity index (χ0n) is 14.1. The maximum absolute atomic E-state index is 12.9. The third-order valence-electron chi connectivity index (χ3n) is 4.41. The number of aromatic nitrogens is 1. The molecule has 2 fully saturated rings. The van der Waals surface area contributed by atoms with Crippen molar-refractivity contribution in [1.29, 1.82) is 0 Å². The van der Waals surface area contributed by atoms with E-state index in [0.717, 1.165) is 5.82 Å². The summed E-state index contributed by atoms with van der Waals surface area (Å²) in [4.78, 5) is 18.4. The summed E-state index contributed by atoms with van der Waals surface area (Å²) in [6, 6.07) is 5.66. The molecule has 10 heteroatoms. The third-order valence-corrected chi connectivity index (χ3v) is 6.59. The topological polar surface area (TPSA) is 104 Å². The highest BCUT2D eigenvalue weighted by atomic mass is 32.2. The summed E-state index contributed by atoms with van der Waals surface area (Å²) in [7, 11) is -3.67. The minimum absolute atomic E-state index is 0.227. The minimum Gasteiger partial charge on any atom is -0.466 e. The fraction of sp³-hybridized carbons (Fsp3) is 0.600. The number of esters is 1. The number of anilines is 1. The highest BCUT2D eigenvalue weighted by molar-refractivity contribution is 7.89. The number of sulfonamides is 1. The average molecular weight is 369 g/mol. The summed E-state index contributed by atoms with van der Waals surface area (Å²) >= 11 is 0. The number of carbonyl (C=O) groups excluding carboxylic acids is 1. The zero-order valence-corrected chi connectivity index (χ0v) is 14.9. The largest absolute Gasteiger partial charge is 0.466 e. The first kappa shape index (κ1) is 18.1. The fourth-order valence-corrected chi connectivity index (χ4v) is 4.94. The van der Waals surface area contributed by atoms with Gasteiger partial charge in [-0.3, -0.25) is 10.2 Å². The number of nitrogens with one attached hydrogen (secondary N) is 2. The van der Waals surface area contributed by atoms with Gasteiger partial charge in [0, 0.05) is 38.9 Å². The second-order valence-corrected chi connectivity index (χ2v) is 7.98. The van der Waals surface area contributed by atoms with Crippen molar-refractivity contribution in [3.8, 4) is 0 Å². The van der Waals surface area contributed by atoms with E-state index >= 15 is 0 Å². The van der Waals surface area contributed by atoms with Crippen LogP contribution in [0.2, 0.25) is 0 Å². The number of pyridine rings is 1. The molecular formula is C15H23N5O4S. The molecule has 0 amide bonds. The molecule has 2 saturated heterocycles. The molecule has 3 rings (SSSR count). The van der Waals surface area contributed by atoms with Gasteiger partial charge in [-0.15, -0.1) is 0 Å². The summed E-state index contributed by atoms with van der Waals surface area (Å²) in [5.41, 5.74) is 5.48. The molecule has 0 spiro atoms. The standard InChI is InChI=1S/C15H23N5O4S/c1-2-24-15(21)12-11-17-18-14(12)25(22,23)20-9-7-19(8-10-20)13-5-3-4-6-16-13/h3-6,12,14,17-18H,2,7-11H2,1H3. The molecule has 0 saturated carbocycles. The number of hydrazine groups is 1. The Labute approximate surface area is 147 Å². The van der Waals surface area contributed by atoms with Gasteiger partial charge in [-0.1, -0.05) is 6.07 Å². The number of hydrogen-bond donors (Lipinski definition) is 2. The van der Waals surface area contributed by atoms with Crippen molar-refractivity contribution in [3.05, 3.63) is 24.4 Å². The highest BCUT2D eigenvalue weighted by Gasteiger charge is 2.45. The van der Waals surface area contributed by atoms with E-state index < -0.39 is 27.3 Å². The van der Waals surface area contributed by atoms with Crippen molar-refractivity contribution in [3.63, 3.8) is 0 Å². The molecule has 2 aliphatic heterocycles. The van der Waals surface area contributed by atoms with Gasteiger partial charge >= 0.3 is 5.97 Å². The number of rotatable bonds is 5. The molecule has 0 aromatic carbocycles. The van der Waals surface area contributed by atoms with Gasteiger partial charge in [-0.05, 0) is 19.1 Å². The summed E-state index contributed by atoms with van der Waals surface area (Å²) in [5, 5.41) is -1.01. The zero-order chi connectivity index (χ0) is 17.9. The predicted octanol–water partition coefficient (Wildman–Crippen LogP) is -0.853. The van der Waals surface area contributed by atoms with Crippen molar-refractivity contribution < 1.29 is 17.9 Å². The highest BCUT2D eigenvalue weighted by Crippen LogP contribution is 2.22. The lowest BCUT2D eigenvalue weighted by atomic mass is 10.2. The summed E-state index contributed by atoms with van der Waals surface area (Å²) in [5.74, 6) is -0.413. The number of carbonyl (C=O) groups is 1. The Morgan fingerprint density at radius 1 is 1.32 bits per heavy atom. The molecule has 25 heavy (non-hydrogen) atoms. The average Bonchev–Trinajstić information content (AvgIpc) is 3.14. The van der Waals surface area contributed by atoms with E-state index in [9.17, 15) is 13.2 Å². The minimum atomic E-state index is -3.67. The van der Waals surface area contributed by atoms with Gasteiger partial charge in [0.1, 0.15) is 11.7 Å². The molecule has 2 N–H and O–H groups in total. The van der Waals surface area contributed by atoms with Crippen molar-refractivity contribution in [2.45, 2.75) is 12.3 Å². The first-order valence-electron chi connectivity index (χ1n) is 8.34. The van der Waals surface area contributed by atoms with Crippen LogP contribution >= 0.6 is 0 Å². The molecule has 0 bridgehead atoms. The molecule has 138 valence electrons. The van der Waals surface area contributed by atoms with Gasteiger partial charge < -0.3 is 9.64 Å². The predicted molar refractivity (Wildman–Crippen MR) is 92.0 cm³/mol. The van der Waals surface area contributed by atoms with Crippen LogP contribution in [0.5, 0.6) is 0 Å². The maximum Gasteiger partial charge on any atom is 0.313 e. The second kappa shape index (κ2) is 7.65. The van der Waals surface area contributed by atoms with Crippen molar-refractivity contribution in [1.82, 2.24) is 20.1 Å². The molecule has 2 unspecified atom stereocenters. The lowest BCUT2D eigenvalue weighted by molar-refractivity contribution is -0.147. The van der Waals surface area contributed by atoms with E-state index in [4.69, 9.17) is 4.74 Å². The van der Waals surface area contributed by atoms with Crippen molar-refractivity contribution in [2.24, 2.45) is 5.92 Å². The first-order chi connectivity index (χ1) is 12.0. The number of hydrogen-bond acceptors (Lipinski definition) is 8. The van der Waals surface area contributed by atoms with Crippen molar-refractivity contribution >= 4 is 21.8 Å². The lowest BCUT2D eigenvalue weighted by Gasteiger charge is -2.36. The van der Waals surface area contributed by atoms with E-state index in [-0.39, 0.29) is 13.2 Å². The molecular weight excluding hydrogens is 346 g/mol. The smallest absolute Gasteiger partial charge is 0.313 e. The molecule has 2 aliphatic rings. The van der Waals surface area contributed by atoms with Gasteiger partial charge in [0.25, 0.3) is 0 Å². The normalized spacial score (nSPS) is 25.1. The van der Waals surface area contributed by atoms with E-state index in [1.165, 1.54) is 4.31 Å². The molecule has 2 atom stereocenters. The van der Waals surface area contributed by atoms with Crippen LogP contribution in [-0.4, -0.2) is 68.4 Å². The molecule has 0 aliphatic carbocycles. The van der Waals surface area contributed by atoms with Crippen LogP contribution in [0.3, 0.4) is 0 Å². The quantitative estimate of drug-likeness (QED) is 0.647. The van der Waals surface area contributed by atoms with Gasteiger partial charge in [0.05, 0.1) is 6.61 Å². The summed E-state index contributed by atoms with van der Waals surface area (Å²) in [6.45, 7) is 3.98. The van der Waals surface area contributed by atoms with Crippen LogP contribution in [0.1, 0.15) is 6.92 Å². The molecule has 0 radical (unpaired) electrons. The molecule has 1 aromatic rings. The van der Waals surface area contributed by atoms with Gasteiger partial charge in [-0.25, -0.2) is 18.8 Å². The van der Waals surface area contributed by atoms with E-state index in [1.54, 1.807) is 13.1 Å². The first-order valence-corrected chi connectivity index (χ1v) is 9.84. The van der Waals surface area contributed by atoms with Crippen LogP contribution < -0.4 is 15.8 Å². The summed E-state index contributed by atoms with van der Waals surface area (Å²) < 4.78 is 32.3. The Morgan fingerprint density at radius 3 is 2.72 bits per heavy atom. The Morgan fingerprint density at radius 2 is 2.08 bits per heavy atom. The Kier molecular flexibility index (Phi) is 5.52. The van der Waals surface area contributed by atoms with Gasteiger partial charge in [-0.2, -0.15) is 4.31 Å². The SMILES string of the molecule is CCOC(=O)C1CNNC1S(=O)(=O)N1CCN(c2ccccn2)CC1. The van der Waals surface area contributed by atoms with E-state index in [2.05, 4.69) is 20.7 Å². The van der Waals surface area contributed by atoms with Crippen LogP contribution in [-0.2, 0) is 19.6 Å². The fourth-order valence-electron chi connectivity index (χ4n) is 3.09. The number of ether oxygens (including phenoxy) is 1. The Balaban J connectivity index is 1.66. The number of nitrogens with zero attached hydrogens (tertiary/aromatic N) is 3. The van der Waals surface area contributed by atoms with Crippen LogP contribution in [0.15, 0.2) is 24.4 Å². The van der Waals surface area contributed by atoms with Crippen LogP contribution in [0, 0.1) is 5.92 Å². The molecule has 1 aromatic heterocycles. The third kappa shape index (κ3) is 3.76. The lowest BCUT2D eigenvalue weighted by Crippen LogP contribution is -2.55. The van der Waals surface area contributed by atoms with E-state index in [0.29, 0.717) is 26.2 Å². The van der Waals surface area contributed by atoms with Gasteiger partial charge in [0.2, 0.25) is 10.0 Å². The Bertz CT molecular complexity index is 691. The second-order valence-electron chi connectivity index (χ2n) is 5.92. The number of piperazine rings is 1. The summed E-state index contributed by atoms with van der Waals surface area (Å²) in [6.07, 6.45) is 1.72. The monoisotopic (exact) mass is 369 g/mol. The van der Waals surface area contributed by atoms with Gasteiger partial charge in [0.15, 0.2) is 5.37 Å².